The number of ether oxygens (including phenoxy) is 2. The first-order valence-electron chi connectivity index (χ1n) is 8.54. The Labute approximate surface area is 146 Å². The monoisotopic (exact) mass is 345 g/mol. The summed E-state index contributed by atoms with van der Waals surface area (Å²) in [6.45, 7) is 0.226. The third-order valence-electron chi connectivity index (χ3n) is 4.49. The Morgan fingerprint density at radius 2 is 1.96 bits per heavy atom. The molecule has 1 aliphatic carbocycles. The summed E-state index contributed by atoms with van der Waals surface area (Å²) in [5, 5.41) is 6.77. The Bertz CT molecular complexity index is 723. The SMILES string of the molecule is COc1ccc(C(=O)NCc2noc(C3CCCCC3)n2)cc1OC. The highest BCUT2D eigenvalue weighted by Crippen LogP contribution is 2.31. The number of benzene rings is 1. The Morgan fingerprint density at radius 1 is 1.20 bits per heavy atom. The number of carbonyl (C=O) groups is 1. The van der Waals surface area contributed by atoms with Crippen LogP contribution < -0.4 is 14.8 Å². The summed E-state index contributed by atoms with van der Waals surface area (Å²) in [5.41, 5.74) is 0.480. The van der Waals surface area contributed by atoms with Crippen LogP contribution in [0, 0.1) is 0 Å². The van der Waals surface area contributed by atoms with Gasteiger partial charge in [-0.15, -0.1) is 0 Å². The lowest BCUT2D eigenvalue weighted by Gasteiger charge is -2.17. The minimum atomic E-state index is -0.232. The maximum Gasteiger partial charge on any atom is 0.251 e. The van der Waals surface area contributed by atoms with E-state index >= 15 is 0 Å². The Balaban J connectivity index is 1.60. The molecule has 0 unspecified atom stereocenters. The van der Waals surface area contributed by atoms with E-state index in [0.29, 0.717) is 34.7 Å². The molecule has 3 rings (SSSR count). The lowest BCUT2D eigenvalue weighted by Crippen LogP contribution is -2.23. The molecule has 1 aromatic carbocycles. The molecule has 0 spiro atoms. The van der Waals surface area contributed by atoms with Crippen molar-refractivity contribution >= 4 is 5.91 Å². The molecule has 0 bridgehead atoms. The van der Waals surface area contributed by atoms with Crippen molar-refractivity contribution in [1.29, 1.82) is 0 Å². The molecule has 1 amide bonds. The smallest absolute Gasteiger partial charge is 0.251 e. The number of methoxy groups -OCH3 is 2. The molecule has 1 fully saturated rings. The number of hydrogen-bond donors (Lipinski definition) is 1. The Morgan fingerprint density at radius 3 is 2.68 bits per heavy atom. The van der Waals surface area contributed by atoms with Crippen LogP contribution >= 0.6 is 0 Å². The summed E-state index contributed by atoms with van der Waals surface area (Å²) in [6.07, 6.45) is 5.88. The van der Waals surface area contributed by atoms with Gasteiger partial charge in [-0.25, -0.2) is 0 Å². The van der Waals surface area contributed by atoms with Crippen molar-refractivity contribution in [1.82, 2.24) is 15.5 Å². The van der Waals surface area contributed by atoms with Crippen molar-refractivity contribution in [2.75, 3.05) is 14.2 Å². The standard InChI is InChI=1S/C18H23N3O4/c1-23-14-9-8-13(10-15(14)24-2)17(22)19-11-16-20-18(25-21-16)12-6-4-3-5-7-12/h8-10,12H,3-7,11H2,1-2H3,(H,19,22). The van der Waals surface area contributed by atoms with E-state index in [-0.39, 0.29) is 12.5 Å². The highest BCUT2D eigenvalue weighted by atomic mass is 16.5. The zero-order valence-electron chi connectivity index (χ0n) is 14.6. The van der Waals surface area contributed by atoms with Crippen LogP contribution in [0.15, 0.2) is 22.7 Å². The summed E-state index contributed by atoms with van der Waals surface area (Å²) in [4.78, 5) is 16.7. The second-order valence-corrected chi connectivity index (χ2v) is 6.14. The van der Waals surface area contributed by atoms with E-state index in [2.05, 4.69) is 15.5 Å². The van der Waals surface area contributed by atoms with Crippen LogP contribution in [0.2, 0.25) is 0 Å². The van der Waals surface area contributed by atoms with Crippen LogP contribution in [0.1, 0.15) is 60.1 Å². The van der Waals surface area contributed by atoms with E-state index in [1.165, 1.54) is 26.4 Å². The van der Waals surface area contributed by atoms with Crippen LogP contribution in [0.3, 0.4) is 0 Å². The van der Waals surface area contributed by atoms with Crippen molar-refractivity contribution in [2.45, 2.75) is 44.6 Å². The fraction of sp³-hybridized carbons (Fsp3) is 0.500. The zero-order valence-corrected chi connectivity index (χ0v) is 14.6. The first-order valence-corrected chi connectivity index (χ1v) is 8.54. The molecule has 1 saturated carbocycles. The summed E-state index contributed by atoms with van der Waals surface area (Å²) in [6, 6.07) is 5.02. The van der Waals surface area contributed by atoms with Gasteiger partial charge in [0.2, 0.25) is 5.89 Å². The van der Waals surface area contributed by atoms with Gasteiger partial charge in [0, 0.05) is 11.5 Å². The summed E-state index contributed by atoms with van der Waals surface area (Å²) in [7, 11) is 3.09. The maximum atomic E-state index is 12.3. The van der Waals surface area contributed by atoms with Crippen molar-refractivity contribution in [3.63, 3.8) is 0 Å². The molecular formula is C18H23N3O4. The predicted molar refractivity (Wildman–Crippen MR) is 90.8 cm³/mol. The molecule has 1 aromatic heterocycles. The molecule has 0 saturated heterocycles. The molecule has 0 atom stereocenters. The van der Waals surface area contributed by atoms with E-state index in [0.717, 1.165) is 12.8 Å². The van der Waals surface area contributed by atoms with Gasteiger partial charge in [-0.3, -0.25) is 4.79 Å². The molecule has 2 aromatic rings. The first-order chi connectivity index (χ1) is 12.2. The number of carbonyl (C=O) groups excluding carboxylic acids is 1. The lowest BCUT2D eigenvalue weighted by molar-refractivity contribution is 0.0949. The maximum absolute atomic E-state index is 12.3. The average molecular weight is 345 g/mol. The number of rotatable bonds is 6. The Hall–Kier alpha value is -2.57. The van der Waals surface area contributed by atoms with Gasteiger partial charge in [-0.1, -0.05) is 24.4 Å². The van der Waals surface area contributed by atoms with Crippen LogP contribution in [0.4, 0.5) is 0 Å². The van der Waals surface area contributed by atoms with E-state index < -0.39 is 0 Å². The van der Waals surface area contributed by atoms with E-state index in [9.17, 15) is 4.79 Å². The van der Waals surface area contributed by atoms with Crippen LogP contribution in [0.5, 0.6) is 11.5 Å². The minimum Gasteiger partial charge on any atom is -0.493 e. The van der Waals surface area contributed by atoms with Gasteiger partial charge < -0.3 is 19.3 Å². The second-order valence-electron chi connectivity index (χ2n) is 6.14. The largest absolute Gasteiger partial charge is 0.493 e. The fourth-order valence-corrected chi connectivity index (χ4v) is 3.09. The fourth-order valence-electron chi connectivity index (χ4n) is 3.09. The molecule has 25 heavy (non-hydrogen) atoms. The predicted octanol–water partition coefficient (Wildman–Crippen LogP) is 3.06. The highest BCUT2D eigenvalue weighted by molar-refractivity contribution is 5.94. The van der Waals surface area contributed by atoms with Gasteiger partial charge in [-0.05, 0) is 31.0 Å². The summed E-state index contributed by atoms with van der Waals surface area (Å²) in [5.74, 6) is 2.40. The molecule has 7 nitrogen and oxygen atoms in total. The molecular weight excluding hydrogens is 322 g/mol. The van der Waals surface area contributed by atoms with E-state index in [1.54, 1.807) is 25.3 Å². The van der Waals surface area contributed by atoms with Crippen LogP contribution in [-0.2, 0) is 6.54 Å². The van der Waals surface area contributed by atoms with Gasteiger partial charge in [0.1, 0.15) is 0 Å². The Kier molecular flexibility index (Phi) is 5.53. The van der Waals surface area contributed by atoms with Crippen molar-refractivity contribution < 1.29 is 18.8 Å². The van der Waals surface area contributed by atoms with Gasteiger partial charge in [-0.2, -0.15) is 4.98 Å². The summed E-state index contributed by atoms with van der Waals surface area (Å²) < 4.78 is 15.7. The summed E-state index contributed by atoms with van der Waals surface area (Å²) >= 11 is 0. The van der Waals surface area contributed by atoms with Crippen LogP contribution in [-0.4, -0.2) is 30.3 Å². The van der Waals surface area contributed by atoms with Gasteiger partial charge in [0.05, 0.1) is 20.8 Å². The molecule has 1 heterocycles. The molecule has 134 valence electrons. The molecule has 0 radical (unpaired) electrons. The van der Waals surface area contributed by atoms with E-state index in [1.807, 2.05) is 0 Å². The highest BCUT2D eigenvalue weighted by Gasteiger charge is 2.21. The van der Waals surface area contributed by atoms with Crippen molar-refractivity contribution in [2.24, 2.45) is 0 Å². The lowest BCUT2D eigenvalue weighted by atomic mass is 9.89. The average Bonchev–Trinajstić information content (AvgIpc) is 3.15. The quantitative estimate of drug-likeness (QED) is 0.866. The topological polar surface area (TPSA) is 86.5 Å². The second kappa shape index (κ2) is 8.00. The first kappa shape index (κ1) is 17.3. The van der Waals surface area contributed by atoms with E-state index in [4.69, 9.17) is 14.0 Å². The zero-order chi connectivity index (χ0) is 17.6. The number of hydrogen-bond acceptors (Lipinski definition) is 6. The van der Waals surface area contributed by atoms with Crippen molar-refractivity contribution in [3.8, 4) is 11.5 Å². The van der Waals surface area contributed by atoms with Gasteiger partial charge in [0.15, 0.2) is 17.3 Å². The number of nitrogens with one attached hydrogen (secondary N) is 1. The van der Waals surface area contributed by atoms with Gasteiger partial charge >= 0.3 is 0 Å². The number of aromatic nitrogens is 2. The van der Waals surface area contributed by atoms with Crippen LogP contribution in [0.25, 0.3) is 0 Å². The van der Waals surface area contributed by atoms with Crippen molar-refractivity contribution in [3.05, 3.63) is 35.5 Å². The normalized spacial score (nSPS) is 15.0. The molecule has 1 aliphatic rings. The minimum absolute atomic E-state index is 0.226. The molecule has 7 heteroatoms. The van der Waals surface area contributed by atoms with Gasteiger partial charge in [0.25, 0.3) is 5.91 Å². The third-order valence-corrected chi connectivity index (χ3v) is 4.49. The molecule has 0 aliphatic heterocycles. The molecule has 1 N–H and O–H groups in total. The number of amides is 1. The third kappa shape index (κ3) is 4.10. The number of nitrogens with zero attached hydrogens (tertiary/aromatic N) is 2.